The Labute approximate surface area is 154 Å². The molecule has 9 heteroatoms. The van der Waals surface area contributed by atoms with E-state index in [0.717, 1.165) is 0 Å². The molecule has 0 saturated heterocycles. The third-order valence-corrected chi connectivity index (χ3v) is 0. The molecule has 0 spiro atoms. The maximum absolute atomic E-state index is 6.50. The van der Waals surface area contributed by atoms with Gasteiger partial charge in [-0.2, -0.15) is 0 Å². The van der Waals surface area contributed by atoms with Crippen molar-refractivity contribution >= 4 is 51.4 Å². The van der Waals surface area contributed by atoms with Crippen LogP contribution in [0, 0.1) is 71.0 Å². The SMILES string of the molecule is C#N.C#N.C#N.C#N.C#N.C#N.[Co].[Fe].[KH]. The zero-order valence-corrected chi connectivity index (χ0v) is 8.98. The van der Waals surface area contributed by atoms with E-state index in [2.05, 4.69) is 39.4 Å². The molecule has 0 N–H and O–H groups in total. The third kappa shape index (κ3) is 11600. The molecule has 6 nitrogen and oxygen atoms in total. The van der Waals surface area contributed by atoms with Crippen molar-refractivity contribution in [2.75, 3.05) is 0 Å². The van der Waals surface area contributed by atoms with E-state index in [1.54, 1.807) is 0 Å². The summed E-state index contributed by atoms with van der Waals surface area (Å²) in [5.41, 5.74) is 0. The fourth-order valence-corrected chi connectivity index (χ4v) is 0. The summed E-state index contributed by atoms with van der Waals surface area (Å²) in [6, 6.07) is 0. The van der Waals surface area contributed by atoms with Gasteiger partial charge in [0.2, 0.25) is 0 Å². The van der Waals surface area contributed by atoms with Gasteiger partial charge in [0.05, 0.1) is 0 Å². The predicted octanol–water partition coefficient (Wildman–Crippen LogP) is 0.185. The minimum absolute atomic E-state index is 0. The molecule has 0 heterocycles. The Morgan fingerprint density at radius 1 is 0.400 bits per heavy atom. The van der Waals surface area contributed by atoms with E-state index in [-0.39, 0.29) is 85.2 Å². The normalized spacial score (nSPS) is 0.800. The molecule has 0 rings (SSSR count). The van der Waals surface area contributed by atoms with Crippen LogP contribution in [0.3, 0.4) is 0 Å². The Bertz CT molecular complexity index is 103. The van der Waals surface area contributed by atoms with Crippen LogP contribution < -0.4 is 0 Å². The van der Waals surface area contributed by atoms with Crippen LogP contribution in [0.1, 0.15) is 0 Å². The van der Waals surface area contributed by atoms with Crippen LogP contribution in [0.15, 0.2) is 0 Å². The van der Waals surface area contributed by atoms with Gasteiger partial charge in [0, 0.05) is 73.3 Å². The van der Waals surface area contributed by atoms with Crippen LogP contribution >= 0.6 is 0 Å². The summed E-state index contributed by atoms with van der Waals surface area (Å²) in [6.45, 7) is 21.0. The van der Waals surface area contributed by atoms with Crippen molar-refractivity contribution in [2.45, 2.75) is 0 Å². The third-order valence-electron chi connectivity index (χ3n) is 0. The predicted molar refractivity (Wildman–Crippen MR) is 47.2 cm³/mol. The van der Waals surface area contributed by atoms with Crippen LogP contribution in [0.2, 0.25) is 0 Å². The molecule has 0 aromatic carbocycles. The number of rotatable bonds is 0. The summed E-state index contributed by atoms with van der Waals surface area (Å²) in [4.78, 5) is 0. The number of hydrogen-bond acceptors (Lipinski definition) is 6. The van der Waals surface area contributed by atoms with Gasteiger partial charge < -0.3 is 0 Å². The van der Waals surface area contributed by atoms with Crippen LogP contribution in [0.25, 0.3) is 0 Å². The topological polar surface area (TPSA) is 143 Å². The molecule has 0 saturated carbocycles. The number of hydrogen-bond donors (Lipinski definition) is 0. The minimum atomic E-state index is 0. The molecule has 0 fully saturated rings. The molecular formula is C6H7CoFeKN6. The summed E-state index contributed by atoms with van der Waals surface area (Å²) in [5, 5.41) is 39.0. The van der Waals surface area contributed by atoms with Crippen molar-refractivity contribution in [1.29, 1.82) is 31.6 Å². The van der Waals surface area contributed by atoms with Crippen molar-refractivity contribution in [1.82, 2.24) is 0 Å². The first-order valence-corrected chi connectivity index (χ1v) is 1.55. The van der Waals surface area contributed by atoms with Gasteiger partial charge in [-0.1, -0.05) is 0 Å². The first-order chi connectivity index (χ1) is 6.00. The Kier molecular flexibility index (Phi) is 78400. The zero-order chi connectivity index (χ0) is 12.0. The van der Waals surface area contributed by atoms with E-state index in [0.29, 0.717) is 0 Å². The summed E-state index contributed by atoms with van der Waals surface area (Å²) < 4.78 is 0. The maximum atomic E-state index is 6.50. The molecule has 0 bridgehead atoms. The van der Waals surface area contributed by atoms with Crippen LogP contribution in [0.4, 0.5) is 0 Å². The molecular weight excluding hydrogens is 310 g/mol. The second kappa shape index (κ2) is 13700. The average Bonchev–Trinajstić information content (AvgIpc) is 2.33. The van der Waals surface area contributed by atoms with Gasteiger partial charge >= 0.3 is 51.4 Å². The molecule has 0 aromatic rings. The van der Waals surface area contributed by atoms with Gasteiger partial charge in [-0.05, 0) is 0 Å². The van der Waals surface area contributed by atoms with Crippen LogP contribution in [-0.4, -0.2) is 51.4 Å². The Balaban J connectivity index is -0.00000000396. The molecule has 15 heavy (non-hydrogen) atoms. The summed E-state index contributed by atoms with van der Waals surface area (Å²) in [7, 11) is 0. The van der Waals surface area contributed by atoms with Gasteiger partial charge in [0.15, 0.2) is 0 Å². The fourth-order valence-electron chi connectivity index (χ4n) is 0. The summed E-state index contributed by atoms with van der Waals surface area (Å²) in [5.74, 6) is 0. The number of nitriles is 6. The Morgan fingerprint density at radius 2 is 0.400 bits per heavy atom. The molecule has 0 unspecified atom stereocenters. The second-order valence-electron chi connectivity index (χ2n) is 0. The average molecular weight is 317 g/mol. The van der Waals surface area contributed by atoms with Gasteiger partial charge in [0.1, 0.15) is 0 Å². The van der Waals surface area contributed by atoms with E-state index < -0.39 is 0 Å². The standard InChI is InChI=1S/6CHN.Co.Fe.K.H/c6*1-2;;;;/h6*1H;;;;. The van der Waals surface area contributed by atoms with Crippen molar-refractivity contribution in [3.63, 3.8) is 0 Å². The monoisotopic (exact) mass is 317 g/mol. The molecule has 79 valence electrons. The van der Waals surface area contributed by atoms with Crippen molar-refractivity contribution < 1.29 is 33.8 Å². The summed E-state index contributed by atoms with van der Waals surface area (Å²) in [6.07, 6.45) is 0. The fraction of sp³-hybridized carbons (Fsp3) is 0. The van der Waals surface area contributed by atoms with Crippen molar-refractivity contribution in [3.8, 4) is 39.4 Å². The zero-order valence-electron chi connectivity index (χ0n) is 6.83. The van der Waals surface area contributed by atoms with E-state index >= 15 is 0 Å². The van der Waals surface area contributed by atoms with Gasteiger partial charge in [-0.15, -0.1) is 0 Å². The molecule has 0 aliphatic carbocycles. The van der Waals surface area contributed by atoms with Crippen LogP contribution in [-0.2, 0) is 33.8 Å². The quantitative estimate of drug-likeness (QED) is 0.583. The Morgan fingerprint density at radius 3 is 0.400 bits per heavy atom. The van der Waals surface area contributed by atoms with Crippen molar-refractivity contribution in [3.05, 3.63) is 0 Å². The van der Waals surface area contributed by atoms with Crippen molar-refractivity contribution in [2.24, 2.45) is 0 Å². The Hall–Kier alpha value is -0.398. The van der Waals surface area contributed by atoms with E-state index in [4.69, 9.17) is 31.6 Å². The van der Waals surface area contributed by atoms with Gasteiger partial charge in [-0.25, -0.2) is 31.6 Å². The molecule has 0 amide bonds. The van der Waals surface area contributed by atoms with Crippen LogP contribution in [0.5, 0.6) is 0 Å². The van der Waals surface area contributed by atoms with E-state index in [9.17, 15) is 0 Å². The summed E-state index contributed by atoms with van der Waals surface area (Å²) >= 11 is 0. The molecule has 0 aliphatic heterocycles. The van der Waals surface area contributed by atoms with E-state index in [1.165, 1.54) is 0 Å². The molecule has 0 aliphatic rings. The molecule has 0 atom stereocenters. The second-order valence-corrected chi connectivity index (χ2v) is 0. The van der Waals surface area contributed by atoms with Gasteiger partial charge in [0.25, 0.3) is 0 Å². The first kappa shape index (κ1) is 86.1. The number of nitrogens with zero attached hydrogens (tertiary/aromatic N) is 6. The first-order valence-electron chi connectivity index (χ1n) is 1.55. The molecule has 0 aromatic heterocycles. The molecule has 1 radical (unpaired) electrons. The van der Waals surface area contributed by atoms with Gasteiger partial charge in [-0.3, -0.25) is 0 Å². The van der Waals surface area contributed by atoms with E-state index in [1.807, 2.05) is 0 Å².